The van der Waals surface area contributed by atoms with Gasteiger partial charge in [0.05, 0.1) is 18.7 Å². The molecule has 2 aromatic carbocycles. The molecule has 6 heteroatoms. The Labute approximate surface area is 153 Å². The van der Waals surface area contributed by atoms with E-state index in [9.17, 15) is 4.79 Å². The molecule has 0 aromatic heterocycles. The summed E-state index contributed by atoms with van der Waals surface area (Å²) < 4.78 is 11.0. The Morgan fingerprint density at radius 1 is 1.20 bits per heavy atom. The normalized spacial score (nSPS) is 11.6. The van der Waals surface area contributed by atoms with Crippen LogP contribution in [0, 0.1) is 0 Å². The summed E-state index contributed by atoms with van der Waals surface area (Å²) in [6.07, 6.45) is 0. The van der Waals surface area contributed by atoms with E-state index in [2.05, 4.69) is 12.2 Å². The smallest absolute Gasteiger partial charge is 0.321 e. The van der Waals surface area contributed by atoms with Gasteiger partial charge in [-0.25, -0.2) is 4.79 Å². The minimum absolute atomic E-state index is 0.204. The molecule has 0 aliphatic rings. The third kappa shape index (κ3) is 5.29. The second kappa shape index (κ2) is 8.62. The first-order valence-electron chi connectivity index (χ1n) is 7.95. The third-order valence-electron chi connectivity index (χ3n) is 3.76. The molecule has 25 heavy (non-hydrogen) atoms. The molecule has 1 unspecified atom stereocenters. The summed E-state index contributed by atoms with van der Waals surface area (Å²) in [5, 5.41) is 3.20. The first-order chi connectivity index (χ1) is 11.9. The zero-order valence-electron chi connectivity index (χ0n) is 14.9. The lowest BCUT2D eigenvalue weighted by Gasteiger charge is -2.16. The lowest BCUT2D eigenvalue weighted by atomic mass is 10.0. The molecule has 1 atom stereocenters. The largest absolute Gasteiger partial charge is 0.497 e. The molecule has 0 aliphatic heterocycles. The van der Waals surface area contributed by atoms with Crippen molar-refractivity contribution in [2.24, 2.45) is 0 Å². The summed E-state index contributed by atoms with van der Waals surface area (Å²) in [4.78, 5) is 13.1. The van der Waals surface area contributed by atoms with Gasteiger partial charge in [-0.15, -0.1) is 0 Å². The van der Waals surface area contributed by atoms with E-state index >= 15 is 0 Å². The van der Waals surface area contributed by atoms with Crippen molar-refractivity contribution in [3.05, 3.63) is 53.1 Å². The minimum Gasteiger partial charge on any atom is -0.497 e. The van der Waals surface area contributed by atoms with Crippen LogP contribution in [-0.4, -0.2) is 38.7 Å². The van der Waals surface area contributed by atoms with Gasteiger partial charge in [-0.05, 0) is 35.9 Å². The van der Waals surface area contributed by atoms with Crippen LogP contribution < -0.4 is 14.8 Å². The molecule has 0 spiro atoms. The van der Waals surface area contributed by atoms with Crippen LogP contribution in [0.5, 0.6) is 11.5 Å². The number of hydrogen-bond acceptors (Lipinski definition) is 3. The fourth-order valence-corrected chi connectivity index (χ4v) is 2.41. The lowest BCUT2D eigenvalue weighted by Crippen LogP contribution is -2.27. The van der Waals surface area contributed by atoms with E-state index in [4.69, 9.17) is 21.1 Å². The van der Waals surface area contributed by atoms with Crippen molar-refractivity contribution in [2.75, 3.05) is 33.1 Å². The number of methoxy groups -OCH3 is 1. The zero-order chi connectivity index (χ0) is 18.4. The van der Waals surface area contributed by atoms with Gasteiger partial charge in [0, 0.05) is 25.7 Å². The minimum atomic E-state index is -0.210. The second-order valence-electron chi connectivity index (χ2n) is 5.95. The molecule has 0 aliphatic carbocycles. The lowest BCUT2D eigenvalue weighted by molar-refractivity contribution is 0.230. The van der Waals surface area contributed by atoms with Gasteiger partial charge in [0.1, 0.15) is 11.5 Å². The predicted molar refractivity (Wildman–Crippen MR) is 101 cm³/mol. The van der Waals surface area contributed by atoms with Crippen molar-refractivity contribution in [1.29, 1.82) is 0 Å². The molecule has 134 valence electrons. The molecule has 2 aromatic rings. The fraction of sp³-hybridized carbons (Fsp3) is 0.316. The Kier molecular flexibility index (Phi) is 6.53. The predicted octanol–water partition coefficient (Wildman–Crippen LogP) is 4.62. The van der Waals surface area contributed by atoms with E-state index in [1.165, 1.54) is 4.90 Å². The van der Waals surface area contributed by atoms with E-state index < -0.39 is 0 Å². The van der Waals surface area contributed by atoms with Crippen LogP contribution in [0.25, 0.3) is 0 Å². The molecule has 0 saturated carbocycles. The number of anilines is 1. The summed E-state index contributed by atoms with van der Waals surface area (Å²) in [7, 11) is 5.00. The van der Waals surface area contributed by atoms with Gasteiger partial charge in [-0.2, -0.15) is 0 Å². The van der Waals surface area contributed by atoms with E-state index in [1.54, 1.807) is 39.4 Å². The molecule has 0 heterocycles. The summed E-state index contributed by atoms with van der Waals surface area (Å²) in [6.45, 7) is 2.58. The molecule has 2 rings (SSSR count). The fourth-order valence-electron chi connectivity index (χ4n) is 2.17. The zero-order valence-corrected chi connectivity index (χ0v) is 15.6. The highest BCUT2D eigenvalue weighted by Gasteiger charge is 2.10. The molecule has 2 amide bonds. The molecule has 0 bridgehead atoms. The Bertz CT molecular complexity index is 717. The number of nitrogens with one attached hydrogen (secondary N) is 1. The van der Waals surface area contributed by atoms with Crippen LogP contribution in [-0.2, 0) is 0 Å². The number of carbonyl (C=O) groups excluding carboxylic acids is 1. The molecule has 0 radical (unpaired) electrons. The number of ether oxygens (including phenoxy) is 2. The third-order valence-corrected chi connectivity index (χ3v) is 4.06. The van der Waals surface area contributed by atoms with E-state index in [-0.39, 0.29) is 11.9 Å². The average molecular weight is 363 g/mol. The van der Waals surface area contributed by atoms with Gasteiger partial charge in [0.25, 0.3) is 0 Å². The van der Waals surface area contributed by atoms with Gasteiger partial charge in [-0.1, -0.05) is 30.7 Å². The van der Waals surface area contributed by atoms with Gasteiger partial charge < -0.3 is 19.7 Å². The molecule has 1 N–H and O–H groups in total. The number of amides is 2. The molecule has 0 saturated heterocycles. The maximum atomic E-state index is 11.7. The van der Waals surface area contributed by atoms with Crippen molar-refractivity contribution >= 4 is 23.3 Å². The van der Waals surface area contributed by atoms with Crippen LogP contribution >= 0.6 is 11.6 Å². The van der Waals surface area contributed by atoms with Gasteiger partial charge in [0.15, 0.2) is 0 Å². The van der Waals surface area contributed by atoms with Crippen molar-refractivity contribution in [3.8, 4) is 11.5 Å². The van der Waals surface area contributed by atoms with E-state index in [0.29, 0.717) is 23.1 Å². The highest BCUT2D eigenvalue weighted by molar-refractivity contribution is 6.32. The van der Waals surface area contributed by atoms with Gasteiger partial charge in [0.2, 0.25) is 0 Å². The van der Waals surface area contributed by atoms with Crippen molar-refractivity contribution in [2.45, 2.75) is 12.8 Å². The van der Waals surface area contributed by atoms with Gasteiger partial charge in [-0.3, -0.25) is 0 Å². The Hall–Kier alpha value is -2.40. The number of urea groups is 1. The Morgan fingerprint density at radius 2 is 1.88 bits per heavy atom. The summed E-state index contributed by atoms with van der Waals surface area (Å²) >= 11 is 6.26. The van der Waals surface area contributed by atoms with Crippen molar-refractivity contribution < 1.29 is 14.3 Å². The van der Waals surface area contributed by atoms with Gasteiger partial charge >= 0.3 is 6.03 Å². The quantitative estimate of drug-likeness (QED) is 0.815. The number of hydrogen-bond donors (Lipinski definition) is 1. The van der Waals surface area contributed by atoms with Crippen LogP contribution in [0.4, 0.5) is 10.5 Å². The highest BCUT2D eigenvalue weighted by Crippen LogP contribution is 2.29. The second-order valence-corrected chi connectivity index (χ2v) is 6.36. The van der Waals surface area contributed by atoms with E-state index in [1.807, 2.05) is 24.3 Å². The standard InChI is InChI=1S/C19H23ClN2O3/c1-13(14-5-8-16(24-4)9-6-14)12-25-18-10-7-15(11-17(18)20)21-19(23)22(2)3/h5-11,13H,12H2,1-4H3,(H,21,23). The van der Waals surface area contributed by atoms with Crippen molar-refractivity contribution in [3.63, 3.8) is 0 Å². The number of benzene rings is 2. The molecular formula is C19H23ClN2O3. The first-order valence-corrected chi connectivity index (χ1v) is 8.33. The maximum absolute atomic E-state index is 11.7. The summed E-state index contributed by atoms with van der Waals surface area (Å²) in [6, 6.07) is 12.9. The summed E-state index contributed by atoms with van der Waals surface area (Å²) in [5.41, 5.74) is 1.78. The van der Waals surface area contributed by atoms with Crippen LogP contribution in [0.15, 0.2) is 42.5 Å². The molecule has 0 fully saturated rings. The number of halogens is 1. The first kappa shape index (κ1) is 18.9. The Morgan fingerprint density at radius 3 is 2.44 bits per heavy atom. The highest BCUT2D eigenvalue weighted by atomic mass is 35.5. The van der Waals surface area contributed by atoms with Crippen LogP contribution in [0.1, 0.15) is 18.4 Å². The topological polar surface area (TPSA) is 50.8 Å². The van der Waals surface area contributed by atoms with Crippen molar-refractivity contribution in [1.82, 2.24) is 4.90 Å². The SMILES string of the molecule is COc1ccc(C(C)COc2ccc(NC(=O)N(C)C)cc2Cl)cc1. The van der Waals surface area contributed by atoms with Crippen LogP contribution in [0.2, 0.25) is 5.02 Å². The number of nitrogens with zero attached hydrogens (tertiary/aromatic N) is 1. The molecular weight excluding hydrogens is 340 g/mol. The Balaban J connectivity index is 1.96. The van der Waals surface area contributed by atoms with E-state index in [0.717, 1.165) is 11.3 Å². The monoisotopic (exact) mass is 362 g/mol. The number of carbonyl (C=O) groups is 1. The van der Waals surface area contributed by atoms with Crippen LogP contribution in [0.3, 0.4) is 0 Å². The number of rotatable bonds is 6. The summed E-state index contributed by atoms with van der Waals surface area (Å²) in [5.74, 6) is 1.62. The maximum Gasteiger partial charge on any atom is 0.321 e. The average Bonchev–Trinajstić information content (AvgIpc) is 2.60. The molecule has 5 nitrogen and oxygen atoms in total.